The summed E-state index contributed by atoms with van der Waals surface area (Å²) in [6.07, 6.45) is 1.87. The summed E-state index contributed by atoms with van der Waals surface area (Å²) in [4.78, 5) is 25.2. The lowest BCUT2D eigenvalue weighted by molar-refractivity contribution is -0.117. The minimum absolute atomic E-state index is 0.135. The maximum Gasteiger partial charge on any atom is 0.255 e. The second-order valence-electron chi connectivity index (χ2n) is 5.71. The Morgan fingerprint density at radius 1 is 1.23 bits per heavy atom. The summed E-state index contributed by atoms with van der Waals surface area (Å²) in [6.45, 7) is 6.89. The van der Waals surface area contributed by atoms with Crippen molar-refractivity contribution in [1.82, 2.24) is 5.32 Å². The minimum atomic E-state index is -0.233. The number of hydrogen-bond donors (Lipinski definition) is 1. The van der Waals surface area contributed by atoms with E-state index in [0.29, 0.717) is 23.6 Å². The minimum Gasteiger partial charge on any atom is -0.352 e. The molecule has 0 bridgehead atoms. The van der Waals surface area contributed by atoms with Gasteiger partial charge in [-0.3, -0.25) is 9.59 Å². The average molecular weight is 411 g/mol. The van der Waals surface area contributed by atoms with E-state index in [1.807, 2.05) is 31.2 Å². The van der Waals surface area contributed by atoms with Crippen molar-refractivity contribution in [3.63, 3.8) is 0 Å². The number of allylic oxidation sites excluding steroid dienone is 1. The molecule has 1 aromatic carbocycles. The Labute approximate surface area is 145 Å². The van der Waals surface area contributed by atoms with Gasteiger partial charge in [0.2, 0.25) is 0 Å². The highest BCUT2D eigenvalue weighted by Crippen LogP contribution is 2.41. The monoisotopic (exact) mass is 411 g/mol. The first-order valence-electron chi connectivity index (χ1n) is 7.83. The normalized spacial score (nSPS) is 16.5. The molecule has 2 unspecified atom stereocenters. The van der Waals surface area contributed by atoms with Crippen LogP contribution in [0.4, 0.5) is 0 Å². The van der Waals surface area contributed by atoms with Crippen LogP contribution in [-0.2, 0) is 4.79 Å². The van der Waals surface area contributed by atoms with Gasteiger partial charge >= 0.3 is 0 Å². The molecule has 1 aromatic rings. The lowest BCUT2D eigenvalue weighted by atomic mass is 9.93. The Kier molecular flexibility index (Phi) is 5.78. The van der Waals surface area contributed by atoms with E-state index in [9.17, 15) is 9.59 Å². The summed E-state index contributed by atoms with van der Waals surface area (Å²) < 4.78 is 0.151. The first-order chi connectivity index (χ1) is 10.5. The van der Waals surface area contributed by atoms with Crippen molar-refractivity contribution in [2.45, 2.75) is 37.5 Å². The van der Waals surface area contributed by atoms with Crippen molar-refractivity contribution in [2.75, 3.05) is 6.54 Å². The number of halogens is 1. The van der Waals surface area contributed by atoms with Gasteiger partial charge in [0, 0.05) is 16.0 Å². The van der Waals surface area contributed by atoms with E-state index in [1.54, 1.807) is 0 Å². The Morgan fingerprint density at radius 2 is 1.86 bits per heavy atom. The third-order valence-electron chi connectivity index (χ3n) is 4.14. The van der Waals surface area contributed by atoms with Gasteiger partial charge in [0.25, 0.3) is 5.91 Å². The van der Waals surface area contributed by atoms with Crippen LogP contribution in [0.25, 0.3) is 5.57 Å². The largest absolute Gasteiger partial charge is 0.352 e. The number of Topliss-reactive ketones (excluding diaryl/α,β-unsaturated/α-hetero) is 1. The van der Waals surface area contributed by atoms with Crippen LogP contribution < -0.4 is 5.32 Å². The lowest BCUT2D eigenvalue weighted by Crippen LogP contribution is -2.29. The third kappa shape index (κ3) is 3.12. The maximum absolute atomic E-state index is 12.7. The maximum atomic E-state index is 12.7. The van der Waals surface area contributed by atoms with Crippen LogP contribution >= 0.6 is 22.6 Å². The van der Waals surface area contributed by atoms with E-state index < -0.39 is 0 Å². The fourth-order valence-corrected chi connectivity index (χ4v) is 3.79. The number of hydrogen-bond acceptors (Lipinski definition) is 2. The van der Waals surface area contributed by atoms with E-state index in [4.69, 9.17) is 0 Å². The van der Waals surface area contributed by atoms with Crippen molar-refractivity contribution >= 4 is 39.9 Å². The summed E-state index contributed by atoms with van der Waals surface area (Å²) >= 11 is 2.37. The zero-order chi connectivity index (χ0) is 16.3. The van der Waals surface area contributed by atoms with E-state index in [-0.39, 0.29) is 15.6 Å². The van der Waals surface area contributed by atoms with Gasteiger partial charge in [-0.15, -0.1) is 0 Å². The summed E-state index contributed by atoms with van der Waals surface area (Å²) in [5.41, 5.74) is 2.83. The molecule has 22 heavy (non-hydrogen) atoms. The molecule has 0 aromatic heterocycles. The summed E-state index contributed by atoms with van der Waals surface area (Å²) in [5, 5.41) is 2.86. The second kappa shape index (κ2) is 7.40. The fraction of sp³-hybridized carbons (Fsp3) is 0.444. The zero-order valence-corrected chi connectivity index (χ0v) is 15.4. The molecule has 1 amide bonds. The van der Waals surface area contributed by atoms with Gasteiger partial charge in [-0.1, -0.05) is 74.0 Å². The van der Waals surface area contributed by atoms with Crippen molar-refractivity contribution < 1.29 is 9.59 Å². The highest BCUT2D eigenvalue weighted by atomic mass is 127. The standard InChI is InChI=1S/C18H22INO2/c1-4-10-20-18(22)15-14(16(19)11(3)5-2)12-8-6-7-9-13(12)17(15)21/h6-9,11,16H,4-5,10H2,1-3H3,(H,20,22). The number of carbonyl (C=O) groups is 2. The van der Waals surface area contributed by atoms with Gasteiger partial charge in [0.15, 0.2) is 5.78 Å². The van der Waals surface area contributed by atoms with Crippen LogP contribution in [-0.4, -0.2) is 22.2 Å². The van der Waals surface area contributed by atoms with E-state index in [1.165, 1.54) is 0 Å². The SMILES string of the molecule is CCCNC(=O)C1=C(C(I)C(C)CC)c2ccccc2C1=O. The molecule has 4 heteroatoms. The number of carbonyl (C=O) groups excluding carboxylic acids is 2. The van der Waals surface area contributed by atoms with Gasteiger partial charge in [-0.25, -0.2) is 0 Å². The average Bonchev–Trinajstić information content (AvgIpc) is 2.84. The van der Waals surface area contributed by atoms with Crippen molar-refractivity contribution in [1.29, 1.82) is 0 Å². The Balaban J connectivity index is 2.52. The molecule has 1 N–H and O–H groups in total. The van der Waals surface area contributed by atoms with Gasteiger partial charge in [-0.2, -0.15) is 0 Å². The lowest BCUT2D eigenvalue weighted by Gasteiger charge is -2.20. The molecule has 0 heterocycles. The Bertz CT molecular complexity index is 621. The number of amides is 1. The number of nitrogens with one attached hydrogen (secondary N) is 1. The van der Waals surface area contributed by atoms with Crippen molar-refractivity contribution in [3.05, 3.63) is 41.0 Å². The van der Waals surface area contributed by atoms with E-state index in [2.05, 4.69) is 41.8 Å². The molecule has 1 aliphatic carbocycles. The van der Waals surface area contributed by atoms with Gasteiger partial charge in [0.05, 0.1) is 5.57 Å². The number of rotatable bonds is 6. The van der Waals surface area contributed by atoms with Crippen LogP contribution in [0.2, 0.25) is 0 Å². The van der Waals surface area contributed by atoms with Crippen LogP contribution in [0, 0.1) is 5.92 Å². The van der Waals surface area contributed by atoms with Crippen LogP contribution in [0.15, 0.2) is 29.8 Å². The quantitative estimate of drug-likeness (QED) is 0.437. The van der Waals surface area contributed by atoms with Gasteiger partial charge < -0.3 is 5.32 Å². The van der Waals surface area contributed by atoms with Crippen LogP contribution in [0.5, 0.6) is 0 Å². The molecule has 3 nitrogen and oxygen atoms in total. The summed E-state index contributed by atoms with van der Waals surface area (Å²) in [5.74, 6) is 0.0377. The predicted octanol–water partition coefficient (Wildman–Crippen LogP) is 4.01. The zero-order valence-electron chi connectivity index (χ0n) is 13.3. The summed E-state index contributed by atoms with van der Waals surface area (Å²) in [7, 11) is 0. The second-order valence-corrected chi connectivity index (χ2v) is 7.05. The van der Waals surface area contributed by atoms with Crippen molar-refractivity contribution in [3.8, 4) is 0 Å². The molecule has 2 rings (SSSR count). The first-order valence-corrected chi connectivity index (χ1v) is 9.07. The molecule has 0 saturated carbocycles. The number of alkyl halides is 1. The molecule has 0 spiro atoms. The van der Waals surface area contributed by atoms with Crippen LogP contribution in [0.1, 0.15) is 49.5 Å². The predicted molar refractivity (Wildman–Crippen MR) is 98.3 cm³/mol. The molecule has 0 fully saturated rings. The van der Waals surface area contributed by atoms with Gasteiger partial charge in [-0.05, 0) is 23.5 Å². The molecular weight excluding hydrogens is 389 g/mol. The first kappa shape index (κ1) is 17.2. The Morgan fingerprint density at radius 3 is 2.45 bits per heavy atom. The fourth-order valence-electron chi connectivity index (χ4n) is 2.64. The molecule has 118 valence electrons. The smallest absolute Gasteiger partial charge is 0.255 e. The van der Waals surface area contributed by atoms with E-state index >= 15 is 0 Å². The number of benzene rings is 1. The van der Waals surface area contributed by atoms with Crippen molar-refractivity contribution in [2.24, 2.45) is 5.92 Å². The molecule has 0 radical (unpaired) electrons. The Hall–Kier alpha value is -1.17. The van der Waals surface area contributed by atoms with Crippen LogP contribution in [0.3, 0.4) is 0 Å². The highest BCUT2D eigenvalue weighted by molar-refractivity contribution is 14.1. The topological polar surface area (TPSA) is 46.2 Å². The number of fused-ring (bicyclic) bond motifs is 1. The van der Waals surface area contributed by atoms with Gasteiger partial charge in [0.1, 0.15) is 0 Å². The molecule has 0 aliphatic heterocycles. The molecule has 2 atom stereocenters. The molecule has 0 saturated heterocycles. The molecular formula is C18H22INO2. The summed E-state index contributed by atoms with van der Waals surface area (Å²) in [6, 6.07) is 7.56. The highest BCUT2D eigenvalue weighted by Gasteiger charge is 2.37. The van der Waals surface area contributed by atoms with E-state index in [0.717, 1.165) is 24.0 Å². The number of ketones is 1. The third-order valence-corrected chi connectivity index (χ3v) is 5.99. The molecule has 1 aliphatic rings.